The Kier molecular flexibility index (Phi) is 6.68. The molecule has 1 heterocycles. The van der Waals surface area contributed by atoms with E-state index in [2.05, 4.69) is 46.8 Å². The molecule has 1 amide bonds. The van der Waals surface area contributed by atoms with Gasteiger partial charge in [0.25, 0.3) is 5.91 Å². The van der Waals surface area contributed by atoms with E-state index < -0.39 is 0 Å². The van der Waals surface area contributed by atoms with Gasteiger partial charge in [0.05, 0.1) is 11.3 Å². The third-order valence-corrected chi connectivity index (χ3v) is 6.17. The van der Waals surface area contributed by atoms with Crippen molar-refractivity contribution in [3.63, 3.8) is 0 Å². The highest BCUT2D eigenvalue weighted by atomic mass is 35.5. The van der Waals surface area contributed by atoms with Crippen molar-refractivity contribution in [3.8, 4) is 0 Å². The second kappa shape index (κ2) is 9.63. The van der Waals surface area contributed by atoms with E-state index in [9.17, 15) is 4.79 Å². The summed E-state index contributed by atoms with van der Waals surface area (Å²) < 4.78 is 0. The van der Waals surface area contributed by atoms with Crippen molar-refractivity contribution in [3.05, 3.63) is 82.9 Å². The maximum Gasteiger partial charge on any atom is 0.257 e. The minimum Gasteiger partial charge on any atom is -0.368 e. The lowest BCUT2D eigenvalue weighted by atomic mass is 10.1. The molecule has 4 rings (SSSR count). The van der Waals surface area contributed by atoms with Crippen LogP contribution in [0.4, 0.5) is 22.7 Å². The Hall–Kier alpha value is -3.02. The fourth-order valence-electron chi connectivity index (χ4n) is 4.17. The minimum absolute atomic E-state index is 0.162. The van der Waals surface area contributed by atoms with Gasteiger partial charge < -0.3 is 20.9 Å². The van der Waals surface area contributed by atoms with Crippen molar-refractivity contribution in [2.45, 2.75) is 32.9 Å². The Labute approximate surface area is 194 Å². The van der Waals surface area contributed by atoms with Crippen molar-refractivity contribution in [2.24, 2.45) is 0 Å². The van der Waals surface area contributed by atoms with Gasteiger partial charge in [-0.2, -0.15) is 0 Å². The number of nitrogens with zero attached hydrogens (tertiary/aromatic N) is 1. The second-order valence-corrected chi connectivity index (χ2v) is 8.86. The van der Waals surface area contributed by atoms with Crippen molar-refractivity contribution in [2.75, 3.05) is 28.6 Å². The molecule has 0 aromatic heterocycles. The predicted octanol–water partition coefficient (Wildman–Crippen LogP) is 5.83. The molecule has 1 aliphatic heterocycles. The van der Waals surface area contributed by atoms with Crippen LogP contribution in [0.5, 0.6) is 0 Å². The lowest BCUT2D eigenvalue weighted by Crippen LogP contribution is -2.54. The number of piperazine rings is 1. The summed E-state index contributed by atoms with van der Waals surface area (Å²) in [5.41, 5.74) is 5.06. The highest BCUT2D eigenvalue weighted by Crippen LogP contribution is 2.28. The average molecular weight is 449 g/mol. The molecular formula is C26H29ClN4O. The smallest absolute Gasteiger partial charge is 0.257 e. The molecule has 166 valence electrons. The molecule has 0 radical (unpaired) electrons. The van der Waals surface area contributed by atoms with Gasteiger partial charge in [0, 0.05) is 47.3 Å². The molecule has 0 spiro atoms. The quantitative estimate of drug-likeness (QED) is 0.459. The zero-order chi connectivity index (χ0) is 22.7. The molecule has 5 nitrogen and oxygen atoms in total. The first-order valence-electron chi connectivity index (χ1n) is 10.9. The fraction of sp³-hybridized carbons (Fsp3) is 0.269. The van der Waals surface area contributed by atoms with Gasteiger partial charge in [0.1, 0.15) is 0 Å². The Bertz CT molecular complexity index is 1090. The van der Waals surface area contributed by atoms with Gasteiger partial charge in [-0.25, -0.2) is 0 Å². The summed E-state index contributed by atoms with van der Waals surface area (Å²) in [4.78, 5) is 15.4. The number of anilines is 4. The number of carbonyl (C=O) groups excluding carboxylic acids is 1. The fourth-order valence-corrected chi connectivity index (χ4v) is 4.34. The van der Waals surface area contributed by atoms with E-state index >= 15 is 0 Å². The molecule has 0 bridgehead atoms. The van der Waals surface area contributed by atoms with Crippen molar-refractivity contribution >= 4 is 40.3 Å². The molecule has 6 heteroatoms. The van der Waals surface area contributed by atoms with Crippen LogP contribution >= 0.6 is 11.6 Å². The molecule has 1 fully saturated rings. The summed E-state index contributed by atoms with van der Waals surface area (Å²) >= 11 is 6.25. The van der Waals surface area contributed by atoms with Gasteiger partial charge in [-0.15, -0.1) is 0 Å². The molecule has 32 heavy (non-hydrogen) atoms. The molecular weight excluding hydrogens is 420 g/mol. The van der Waals surface area contributed by atoms with Gasteiger partial charge in [0.15, 0.2) is 0 Å². The van der Waals surface area contributed by atoms with Gasteiger partial charge in [-0.1, -0.05) is 29.8 Å². The number of amides is 1. The van der Waals surface area contributed by atoms with Crippen LogP contribution in [-0.2, 0) is 0 Å². The van der Waals surface area contributed by atoms with Gasteiger partial charge in [-0.05, 0) is 74.9 Å². The SMILES string of the molecule is Cc1c(Cl)cccc1Nc1ccccc1C(=O)Nc1ccc(N2CC(C)NC(C)C2)cc1. The molecule has 1 aliphatic rings. The van der Waals surface area contributed by atoms with E-state index in [1.54, 1.807) is 0 Å². The van der Waals surface area contributed by atoms with E-state index in [0.717, 1.165) is 35.7 Å². The second-order valence-electron chi connectivity index (χ2n) is 8.46. The third-order valence-electron chi connectivity index (χ3n) is 5.76. The Morgan fingerprint density at radius 1 is 0.938 bits per heavy atom. The Morgan fingerprint density at radius 3 is 2.31 bits per heavy atom. The molecule has 0 aliphatic carbocycles. The monoisotopic (exact) mass is 448 g/mol. The summed E-state index contributed by atoms with van der Waals surface area (Å²) in [7, 11) is 0. The summed E-state index contributed by atoms with van der Waals surface area (Å²) in [6, 6.07) is 22.1. The number of hydrogen-bond donors (Lipinski definition) is 3. The molecule has 3 N–H and O–H groups in total. The predicted molar refractivity (Wildman–Crippen MR) is 135 cm³/mol. The van der Waals surface area contributed by atoms with Crippen LogP contribution in [0.2, 0.25) is 5.02 Å². The Morgan fingerprint density at radius 2 is 1.59 bits per heavy atom. The normalized spacial score (nSPS) is 18.3. The number of nitrogens with one attached hydrogen (secondary N) is 3. The van der Waals surface area contributed by atoms with Crippen LogP contribution in [0.1, 0.15) is 29.8 Å². The number of halogens is 1. The van der Waals surface area contributed by atoms with Crippen LogP contribution in [0, 0.1) is 6.92 Å². The van der Waals surface area contributed by atoms with Crippen LogP contribution in [0.25, 0.3) is 0 Å². The van der Waals surface area contributed by atoms with Crippen LogP contribution < -0.4 is 20.9 Å². The first-order valence-corrected chi connectivity index (χ1v) is 11.3. The van der Waals surface area contributed by atoms with Crippen molar-refractivity contribution in [1.29, 1.82) is 0 Å². The largest absolute Gasteiger partial charge is 0.368 e. The molecule has 2 unspecified atom stereocenters. The number of hydrogen-bond acceptors (Lipinski definition) is 4. The molecule has 2 atom stereocenters. The highest BCUT2D eigenvalue weighted by molar-refractivity contribution is 6.31. The minimum atomic E-state index is -0.162. The first-order chi connectivity index (χ1) is 15.4. The lowest BCUT2D eigenvalue weighted by molar-refractivity contribution is 0.102. The van der Waals surface area contributed by atoms with Gasteiger partial charge in [0.2, 0.25) is 0 Å². The van der Waals surface area contributed by atoms with Crippen LogP contribution in [-0.4, -0.2) is 31.1 Å². The zero-order valence-corrected chi connectivity index (χ0v) is 19.4. The first kappa shape index (κ1) is 22.2. The number of rotatable bonds is 5. The number of benzene rings is 3. The van der Waals surface area contributed by atoms with E-state index in [1.807, 2.05) is 61.5 Å². The topological polar surface area (TPSA) is 56.4 Å². The van der Waals surface area contributed by atoms with Crippen molar-refractivity contribution in [1.82, 2.24) is 5.32 Å². The van der Waals surface area contributed by atoms with Crippen LogP contribution in [0.3, 0.4) is 0 Å². The summed E-state index contributed by atoms with van der Waals surface area (Å²) in [6.07, 6.45) is 0. The average Bonchev–Trinajstić information content (AvgIpc) is 2.77. The summed E-state index contributed by atoms with van der Waals surface area (Å²) in [5.74, 6) is -0.162. The maximum atomic E-state index is 13.1. The third kappa shape index (κ3) is 5.06. The van der Waals surface area contributed by atoms with E-state index in [-0.39, 0.29) is 5.91 Å². The molecule has 1 saturated heterocycles. The zero-order valence-electron chi connectivity index (χ0n) is 18.7. The van der Waals surface area contributed by atoms with Gasteiger partial charge >= 0.3 is 0 Å². The lowest BCUT2D eigenvalue weighted by Gasteiger charge is -2.37. The van der Waals surface area contributed by atoms with E-state index in [1.165, 1.54) is 5.69 Å². The van der Waals surface area contributed by atoms with E-state index in [0.29, 0.717) is 22.7 Å². The standard InChI is InChI=1S/C26H29ClN4O/c1-17-15-31(16-18(2)28-17)21-13-11-20(12-14-21)29-26(32)22-7-4-5-9-25(22)30-24-10-6-8-23(27)19(24)3/h4-14,17-18,28,30H,15-16H2,1-3H3,(H,29,32). The summed E-state index contributed by atoms with van der Waals surface area (Å²) in [6.45, 7) is 8.30. The molecule has 0 saturated carbocycles. The summed E-state index contributed by atoms with van der Waals surface area (Å²) in [5, 5.41) is 10.6. The number of carbonyl (C=O) groups is 1. The van der Waals surface area contributed by atoms with Crippen LogP contribution in [0.15, 0.2) is 66.7 Å². The van der Waals surface area contributed by atoms with Crippen molar-refractivity contribution < 1.29 is 4.79 Å². The molecule has 3 aromatic carbocycles. The Balaban J connectivity index is 1.48. The van der Waals surface area contributed by atoms with Gasteiger partial charge in [-0.3, -0.25) is 4.79 Å². The number of para-hydroxylation sites is 1. The van der Waals surface area contributed by atoms with E-state index in [4.69, 9.17) is 11.6 Å². The highest BCUT2D eigenvalue weighted by Gasteiger charge is 2.21. The molecule has 3 aromatic rings. The maximum absolute atomic E-state index is 13.1.